The Kier molecular flexibility index (Phi) is 6.53. The van der Waals surface area contributed by atoms with Crippen LogP contribution in [0.25, 0.3) is 55.7 Å². The van der Waals surface area contributed by atoms with Crippen LogP contribution < -0.4 is 9.62 Å². The lowest BCUT2D eigenvalue weighted by atomic mass is 10.00. The van der Waals surface area contributed by atoms with Crippen molar-refractivity contribution in [2.75, 3.05) is 24.7 Å². The summed E-state index contributed by atoms with van der Waals surface area (Å²) in [5.41, 5.74) is 5.72. The van der Waals surface area contributed by atoms with Crippen LogP contribution in [0.5, 0.6) is 0 Å². The Morgan fingerprint density at radius 3 is 2.45 bits per heavy atom. The van der Waals surface area contributed by atoms with Gasteiger partial charge in [0.05, 0.1) is 35.1 Å². The summed E-state index contributed by atoms with van der Waals surface area (Å²) in [6.07, 6.45) is 2.74. The molecule has 42 heavy (non-hydrogen) atoms. The van der Waals surface area contributed by atoms with Gasteiger partial charge in [-0.05, 0) is 55.0 Å². The Morgan fingerprint density at radius 2 is 1.76 bits per heavy atom. The van der Waals surface area contributed by atoms with Crippen molar-refractivity contribution >= 4 is 43.5 Å². The molecule has 0 fully saturated rings. The molecule has 0 unspecified atom stereocenters. The predicted molar refractivity (Wildman–Crippen MR) is 161 cm³/mol. The van der Waals surface area contributed by atoms with Crippen molar-refractivity contribution in [2.24, 2.45) is 0 Å². The molecular formula is C31H26FN5O4S. The molecule has 1 amide bonds. The third-order valence-corrected chi connectivity index (χ3v) is 8.58. The van der Waals surface area contributed by atoms with Crippen LogP contribution in [0.1, 0.15) is 15.9 Å². The molecule has 0 aliphatic rings. The minimum absolute atomic E-state index is 0.225. The molecule has 3 aromatic carbocycles. The number of sulfonamides is 1. The third-order valence-electron chi connectivity index (χ3n) is 7.39. The number of aryl methyl sites for hydroxylation is 1. The van der Waals surface area contributed by atoms with E-state index in [1.165, 1.54) is 38.4 Å². The lowest BCUT2D eigenvalue weighted by Crippen LogP contribution is -2.25. The summed E-state index contributed by atoms with van der Waals surface area (Å²) in [7, 11) is -0.773. The lowest BCUT2D eigenvalue weighted by Gasteiger charge is -2.20. The summed E-state index contributed by atoms with van der Waals surface area (Å²) in [6.45, 7) is 2.02. The molecule has 0 aliphatic heterocycles. The highest BCUT2D eigenvalue weighted by Gasteiger charge is 2.26. The van der Waals surface area contributed by atoms with Crippen molar-refractivity contribution in [2.45, 2.75) is 6.92 Å². The SMILES string of the molecule is CNC(=O)c1c(-c2ccc(F)cc2)oc2cc(N(C)S(C)(=O)=O)c(-c3cc(-c4[nH]c5ccccc5c4C)cnn3)cc12. The van der Waals surface area contributed by atoms with Gasteiger partial charge in [-0.3, -0.25) is 9.10 Å². The number of hydrogen-bond acceptors (Lipinski definition) is 6. The first kappa shape index (κ1) is 27.2. The number of furan rings is 1. The Labute approximate surface area is 241 Å². The number of nitrogens with zero attached hydrogens (tertiary/aromatic N) is 3. The maximum Gasteiger partial charge on any atom is 0.255 e. The van der Waals surface area contributed by atoms with E-state index in [1.807, 2.05) is 37.3 Å². The van der Waals surface area contributed by atoms with Crippen LogP contribution in [0, 0.1) is 12.7 Å². The molecule has 6 rings (SSSR count). The Morgan fingerprint density at radius 1 is 1.02 bits per heavy atom. The number of carbonyl (C=O) groups is 1. The average Bonchev–Trinajstić information content (AvgIpc) is 3.53. The van der Waals surface area contributed by atoms with Gasteiger partial charge in [0.15, 0.2) is 0 Å². The van der Waals surface area contributed by atoms with E-state index in [0.717, 1.165) is 38.3 Å². The van der Waals surface area contributed by atoms with Crippen molar-refractivity contribution in [3.63, 3.8) is 0 Å². The fourth-order valence-electron chi connectivity index (χ4n) is 5.14. The molecule has 3 heterocycles. The summed E-state index contributed by atoms with van der Waals surface area (Å²) in [4.78, 5) is 16.6. The minimum atomic E-state index is -3.71. The van der Waals surface area contributed by atoms with Crippen LogP contribution >= 0.6 is 0 Å². The predicted octanol–water partition coefficient (Wildman–Crippen LogP) is 5.91. The van der Waals surface area contributed by atoms with Gasteiger partial charge in [-0.2, -0.15) is 10.2 Å². The minimum Gasteiger partial charge on any atom is -0.455 e. The van der Waals surface area contributed by atoms with Gasteiger partial charge in [0.25, 0.3) is 5.91 Å². The zero-order valence-corrected chi connectivity index (χ0v) is 24.0. The molecule has 2 N–H and O–H groups in total. The van der Waals surface area contributed by atoms with Gasteiger partial charge in [0, 0.05) is 53.1 Å². The van der Waals surface area contributed by atoms with E-state index < -0.39 is 21.7 Å². The Bertz CT molecular complexity index is 2120. The summed E-state index contributed by atoms with van der Waals surface area (Å²) < 4.78 is 46.4. The first-order chi connectivity index (χ1) is 20.1. The average molecular weight is 584 g/mol. The number of fused-ring (bicyclic) bond motifs is 2. The number of para-hydroxylation sites is 1. The zero-order chi connectivity index (χ0) is 29.8. The molecule has 0 saturated heterocycles. The van der Waals surface area contributed by atoms with Crippen LogP contribution in [0.3, 0.4) is 0 Å². The maximum absolute atomic E-state index is 13.7. The van der Waals surface area contributed by atoms with Gasteiger partial charge in [-0.1, -0.05) is 18.2 Å². The van der Waals surface area contributed by atoms with Gasteiger partial charge in [0.2, 0.25) is 10.0 Å². The second kappa shape index (κ2) is 10.1. The van der Waals surface area contributed by atoms with E-state index in [4.69, 9.17) is 4.42 Å². The topological polar surface area (TPSA) is 121 Å². The second-order valence-corrected chi connectivity index (χ2v) is 12.0. The Balaban J connectivity index is 1.62. The van der Waals surface area contributed by atoms with Gasteiger partial charge in [0.1, 0.15) is 17.2 Å². The molecule has 0 atom stereocenters. The number of benzene rings is 3. The van der Waals surface area contributed by atoms with E-state index in [9.17, 15) is 17.6 Å². The number of halogens is 1. The standard InChI is InChI=1S/C31H26FN5O4S/c1-17-21-7-5-6-8-24(21)35-29(17)19-13-25(36-34-16-19)22-14-23-27(15-26(22)37(3)42(4,39)40)41-30(28(23)31(38)33-2)18-9-11-20(32)12-10-18/h5-16,35H,1-4H3,(H,33,38). The quantitative estimate of drug-likeness (QED) is 0.252. The van der Waals surface area contributed by atoms with Crippen molar-refractivity contribution in [1.82, 2.24) is 20.5 Å². The number of anilines is 1. The number of H-pyrrole nitrogens is 1. The van der Waals surface area contributed by atoms with Crippen molar-refractivity contribution in [3.05, 3.63) is 89.9 Å². The molecule has 0 aliphatic carbocycles. The summed E-state index contributed by atoms with van der Waals surface area (Å²) >= 11 is 0. The second-order valence-electron chi connectivity index (χ2n) is 9.99. The number of amides is 1. The van der Waals surface area contributed by atoms with E-state index in [-0.39, 0.29) is 22.6 Å². The van der Waals surface area contributed by atoms with E-state index >= 15 is 0 Å². The molecule has 0 radical (unpaired) electrons. The number of aromatic nitrogens is 3. The number of carbonyl (C=O) groups excluding carboxylic acids is 1. The fraction of sp³-hybridized carbons (Fsp3) is 0.129. The van der Waals surface area contributed by atoms with Crippen molar-refractivity contribution in [1.29, 1.82) is 0 Å². The first-order valence-electron chi connectivity index (χ1n) is 13.0. The van der Waals surface area contributed by atoms with Gasteiger partial charge in [-0.25, -0.2) is 12.8 Å². The van der Waals surface area contributed by atoms with Crippen LogP contribution in [0.4, 0.5) is 10.1 Å². The normalized spacial score (nSPS) is 11.7. The van der Waals surface area contributed by atoms with Crippen LogP contribution in [0.15, 0.2) is 77.3 Å². The number of aromatic amines is 1. The smallest absolute Gasteiger partial charge is 0.255 e. The number of hydrogen-bond donors (Lipinski definition) is 2. The molecule has 0 spiro atoms. The number of rotatable bonds is 6. The monoisotopic (exact) mass is 583 g/mol. The van der Waals surface area contributed by atoms with Gasteiger partial charge < -0.3 is 14.7 Å². The largest absolute Gasteiger partial charge is 0.455 e. The fourth-order valence-corrected chi connectivity index (χ4v) is 5.65. The van der Waals surface area contributed by atoms with E-state index in [2.05, 4.69) is 20.5 Å². The summed E-state index contributed by atoms with van der Waals surface area (Å²) in [5.74, 6) is -0.626. The van der Waals surface area contributed by atoms with Crippen molar-refractivity contribution in [3.8, 4) is 33.8 Å². The Hall–Kier alpha value is -5.03. The summed E-state index contributed by atoms with van der Waals surface area (Å²) in [5, 5.41) is 12.8. The van der Waals surface area contributed by atoms with Gasteiger partial charge >= 0.3 is 0 Å². The maximum atomic E-state index is 13.7. The van der Waals surface area contributed by atoms with Crippen molar-refractivity contribution < 1.29 is 22.0 Å². The van der Waals surface area contributed by atoms with Crippen LogP contribution in [-0.2, 0) is 10.0 Å². The molecule has 3 aromatic heterocycles. The zero-order valence-electron chi connectivity index (χ0n) is 23.2. The molecule has 0 saturated carbocycles. The molecular weight excluding hydrogens is 557 g/mol. The van der Waals surface area contributed by atoms with Crippen LogP contribution in [-0.4, -0.2) is 49.9 Å². The molecule has 0 bridgehead atoms. The van der Waals surface area contributed by atoms with E-state index in [1.54, 1.807) is 18.3 Å². The van der Waals surface area contributed by atoms with Crippen LogP contribution in [0.2, 0.25) is 0 Å². The molecule has 9 nitrogen and oxygen atoms in total. The third kappa shape index (κ3) is 4.57. The lowest BCUT2D eigenvalue weighted by molar-refractivity contribution is 0.0964. The van der Waals surface area contributed by atoms with Gasteiger partial charge in [-0.15, -0.1) is 0 Å². The first-order valence-corrected chi connectivity index (χ1v) is 14.8. The summed E-state index contributed by atoms with van der Waals surface area (Å²) in [6, 6.07) is 18.6. The molecule has 6 aromatic rings. The molecule has 212 valence electrons. The number of nitrogens with one attached hydrogen (secondary N) is 2. The van der Waals surface area contributed by atoms with E-state index in [0.29, 0.717) is 22.2 Å². The highest BCUT2D eigenvalue weighted by Crippen LogP contribution is 2.41. The molecule has 11 heteroatoms. The highest BCUT2D eigenvalue weighted by molar-refractivity contribution is 7.92. The highest BCUT2D eigenvalue weighted by atomic mass is 32.2.